The molecular weight excluding hydrogens is 274 g/mol. The number of anilines is 1. The highest BCUT2D eigenvalue weighted by atomic mass is 15.2. The Labute approximate surface area is 131 Å². The summed E-state index contributed by atoms with van der Waals surface area (Å²) in [4.78, 5) is 6.18. The molecule has 0 saturated carbocycles. The van der Waals surface area contributed by atoms with Gasteiger partial charge in [-0.2, -0.15) is 0 Å². The number of nitrogens with one attached hydrogen (secondary N) is 2. The molecule has 0 unspecified atom stereocenters. The predicted octanol–water partition coefficient (Wildman–Crippen LogP) is 2.60. The van der Waals surface area contributed by atoms with E-state index in [2.05, 4.69) is 21.8 Å². The van der Waals surface area contributed by atoms with Gasteiger partial charge in [-0.25, -0.2) is 0 Å². The topological polar surface area (TPSA) is 77.5 Å². The summed E-state index contributed by atoms with van der Waals surface area (Å²) in [7, 11) is 0. The molecule has 0 aliphatic carbocycles. The van der Waals surface area contributed by atoms with Crippen molar-refractivity contribution < 1.29 is 0 Å². The van der Waals surface area contributed by atoms with Gasteiger partial charge < -0.3 is 21.4 Å². The van der Waals surface area contributed by atoms with Gasteiger partial charge in [0.1, 0.15) is 0 Å². The zero-order valence-corrected chi connectivity index (χ0v) is 12.8. The number of allylic oxidation sites excluding steroid dienone is 1. The molecule has 22 heavy (non-hydrogen) atoms. The van der Waals surface area contributed by atoms with E-state index in [1.54, 1.807) is 0 Å². The molecule has 0 bridgehead atoms. The number of rotatable bonds is 7. The van der Waals surface area contributed by atoms with Gasteiger partial charge in [-0.05, 0) is 31.1 Å². The second-order valence-electron chi connectivity index (χ2n) is 5.21. The van der Waals surface area contributed by atoms with E-state index >= 15 is 0 Å². The SMILES string of the molecule is C=C(/C=C(\C(=N)C/N=C\N)N1CCCC1)Nc1ccccc1. The quantitative estimate of drug-likeness (QED) is 0.411. The third kappa shape index (κ3) is 4.48. The van der Waals surface area contributed by atoms with Crippen molar-refractivity contribution in [2.24, 2.45) is 10.7 Å². The smallest absolute Gasteiger partial charge is 0.0842 e. The van der Waals surface area contributed by atoms with Crippen molar-refractivity contribution in [2.45, 2.75) is 12.8 Å². The van der Waals surface area contributed by atoms with E-state index in [4.69, 9.17) is 11.1 Å². The fourth-order valence-corrected chi connectivity index (χ4v) is 2.46. The fourth-order valence-electron chi connectivity index (χ4n) is 2.46. The van der Waals surface area contributed by atoms with Crippen LogP contribution in [0.1, 0.15) is 12.8 Å². The van der Waals surface area contributed by atoms with Gasteiger partial charge in [-0.3, -0.25) is 4.99 Å². The van der Waals surface area contributed by atoms with Gasteiger partial charge in [-0.1, -0.05) is 24.8 Å². The Balaban J connectivity index is 2.12. The van der Waals surface area contributed by atoms with Gasteiger partial charge in [0, 0.05) is 24.5 Å². The van der Waals surface area contributed by atoms with Crippen LogP contribution in [0.5, 0.6) is 0 Å². The number of nitrogens with zero attached hydrogens (tertiary/aromatic N) is 2. The number of para-hydroxylation sites is 1. The third-order valence-corrected chi connectivity index (χ3v) is 3.50. The number of hydrogen-bond donors (Lipinski definition) is 3. The van der Waals surface area contributed by atoms with Crippen LogP contribution >= 0.6 is 0 Å². The summed E-state index contributed by atoms with van der Waals surface area (Å²) in [6.45, 7) is 6.28. The molecule has 0 amide bonds. The molecular formula is C17H23N5. The molecule has 1 aromatic carbocycles. The fraction of sp³-hybridized carbons (Fsp3) is 0.294. The molecule has 1 fully saturated rings. The second-order valence-corrected chi connectivity index (χ2v) is 5.21. The van der Waals surface area contributed by atoms with Crippen LogP contribution in [-0.4, -0.2) is 36.6 Å². The lowest BCUT2D eigenvalue weighted by Crippen LogP contribution is -2.26. The van der Waals surface area contributed by atoms with Crippen LogP contribution in [0.4, 0.5) is 5.69 Å². The van der Waals surface area contributed by atoms with Crippen LogP contribution in [0, 0.1) is 5.41 Å². The Bertz CT molecular complexity index is 568. The van der Waals surface area contributed by atoms with E-state index in [0.29, 0.717) is 5.71 Å². The number of aliphatic imine (C=N–C) groups is 1. The maximum absolute atomic E-state index is 8.24. The summed E-state index contributed by atoms with van der Waals surface area (Å²) < 4.78 is 0. The summed E-state index contributed by atoms with van der Waals surface area (Å²) in [6.07, 6.45) is 5.48. The van der Waals surface area contributed by atoms with Crippen LogP contribution in [-0.2, 0) is 0 Å². The molecule has 0 atom stereocenters. The van der Waals surface area contributed by atoms with E-state index in [9.17, 15) is 0 Å². The zero-order valence-electron chi connectivity index (χ0n) is 12.8. The van der Waals surface area contributed by atoms with E-state index < -0.39 is 0 Å². The maximum atomic E-state index is 8.24. The summed E-state index contributed by atoms with van der Waals surface area (Å²) in [5.74, 6) is 0. The minimum Gasteiger partial charge on any atom is -0.390 e. The van der Waals surface area contributed by atoms with Gasteiger partial charge in [0.25, 0.3) is 0 Å². The number of nitrogens with two attached hydrogens (primary N) is 1. The molecule has 5 nitrogen and oxygen atoms in total. The van der Waals surface area contributed by atoms with Crippen LogP contribution in [0.25, 0.3) is 0 Å². The number of hydrogen-bond acceptors (Lipinski definition) is 4. The average Bonchev–Trinajstić information content (AvgIpc) is 3.05. The normalized spacial score (nSPS) is 15.3. The zero-order chi connectivity index (χ0) is 15.8. The average molecular weight is 297 g/mol. The Kier molecular flexibility index (Phi) is 5.77. The molecule has 4 N–H and O–H groups in total. The molecule has 0 radical (unpaired) electrons. The molecule has 1 saturated heterocycles. The highest BCUT2D eigenvalue weighted by Crippen LogP contribution is 2.18. The number of benzene rings is 1. The minimum absolute atomic E-state index is 0.289. The van der Waals surface area contributed by atoms with Crippen molar-refractivity contribution in [3.63, 3.8) is 0 Å². The lowest BCUT2D eigenvalue weighted by molar-refractivity contribution is 0.446. The summed E-state index contributed by atoms with van der Waals surface area (Å²) in [5, 5.41) is 11.5. The van der Waals surface area contributed by atoms with Gasteiger partial charge in [0.2, 0.25) is 0 Å². The van der Waals surface area contributed by atoms with Gasteiger partial charge in [0.05, 0.1) is 24.3 Å². The predicted molar refractivity (Wildman–Crippen MR) is 93.4 cm³/mol. The van der Waals surface area contributed by atoms with Gasteiger partial charge in [0.15, 0.2) is 0 Å². The van der Waals surface area contributed by atoms with E-state index in [0.717, 1.165) is 43.0 Å². The molecule has 2 rings (SSSR count). The monoisotopic (exact) mass is 297 g/mol. The molecule has 1 aliphatic heterocycles. The van der Waals surface area contributed by atoms with Crippen LogP contribution in [0.2, 0.25) is 0 Å². The molecule has 5 heteroatoms. The Morgan fingerprint density at radius 1 is 1.32 bits per heavy atom. The molecule has 0 aromatic heterocycles. The molecule has 1 heterocycles. The lowest BCUT2D eigenvalue weighted by Gasteiger charge is -2.22. The van der Waals surface area contributed by atoms with Crippen molar-refractivity contribution in [2.75, 3.05) is 25.0 Å². The summed E-state index contributed by atoms with van der Waals surface area (Å²) in [5.41, 5.74) is 8.35. The number of likely N-dealkylation sites (tertiary alicyclic amines) is 1. The summed E-state index contributed by atoms with van der Waals surface area (Å²) >= 11 is 0. The molecule has 116 valence electrons. The largest absolute Gasteiger partial charge is 0.390 e. The van der Waals surface area contributed by atoms with Crippen molar-refractivity contribution in [3.05, 3.63) is 54.4 Å². The van der Waals surface area contributed by atoms with Gasteiger partial charge in [-0.15, -0.1) is 0 Å². The highest BCUT2D eigenvalue weighted by Gasteiger charge is 2.18. The summed E-state index contributed by atoms with van der Waals surface area (Å²) in [6, 6.07) is 9.88. The first-order valence-corrected chi connectivity index (χ1v) is 7.46. The first-order valence-electron chi connectivity index (χ1n) is 7.46. The second kappa shape index (κ2) is 8.02. The third-order valence-electron chi connectivity index (χ3n) is 3.50. The van der Waals surface area contributed by atoms with Crippen molar-refractivity contribution in [1.29, 1.82) is 5.41 Å². The van der Waals surface area contributed by atoms with Gasteiger partial charge >= 0.3 is 0 Å². The van der Waals surface area contributed by atoms with E-state index in [1.807, 2.05) is 36.4 Å². The van der Waals surface area contributed by atoms with Crippen LogP contribution in [0.3, 0.4) is 0 Å². The van der Waals surface area contributed by atoms with Crippen molar-refractivity contribution in [3.8, 4) is 0 Å². The molecule has 1 aliphatic rings. The highest BCUT2D eigenvalue weighted by molar-refractivity contribution is 5.99. The van der Waals surface area contributed by atoms with Crippen molar-refractivity contribution >= 4 is 17.7 Å². The molecule has 0 spiro atoms. The van der Waals surface area contributed by atoms with Crippen LogP contribution < -0.4 is 11.1 Å². The van der Waals surface area contributed by atoms with Crippen molar-refractivity contribution in [1.82, 2.24) is 4.90 Å². The first kappa shape index (κ1) is 15.8. The lowest BCUT2D eigenvalue weighted by atomic mass is 10.2. The Hall–Kier alpha value is -2.56. The standard InChI is InChI=1S/C17H23N5/c1-14(21-15-7-3-2-4-8-15)11-17(16(19)12-20-13-18)22-9-5-6-10-22/h2-4,7-8,11,13,19,21H,1,5-6,9-10,12H2,(H2,18,20)/b17-11+,19-16?. The van der Waals surface area contributed by atoms with Crippen LogP contribution in [0.15, 0.2) is 59.4 Å². The Morgan fingerprint density at radius 2 is 2.00 bits per heavy atom. The van der Waals surface area contributed by atoms with E-state index in [1.165, 1.54) is 6.34 Å². The van der Waals surface area contributed by atoms with E-state index in [-0.39, 0.29) is 6.54 Å². The maximum Gasteiger partial charge on any atom is 0.0842 e. The Morgan fingerprint density at radius 3 is 2.64 bits per heavy atom. The molecule has 1 aromatic rings. The first-order chi connectivity index (χ1) is 10.7. The minimum atomic E-state index is 0.289.